The maximum atomic E-state index is 13.2. The van der Waals surface area contributed by atoms with Gasteiger partial charge in [-0.15, -0.1) is 0 Å². The molecule has 1 saturated heterocycles. The summed E-state index contributed by atoms with van der Waals surface area (Å²) in [5, 5.41) is 2.83. The highest BCUT2D eigenvalue weighted by atomic mass is 19.1. The Morgan fingerprint density at radius 3 is 2.84 bits per heavy atom. The molecule has 0 aromatic heterocycles. The van der Waals surface area contributed by atoms with E-state index in [4.69, 9.17) is 9.47 Å². The van der Waals surface area contributed by atoms with E-state index < -0.39 is 5.82 Å². The van der Waals surface area contributed by atoms with E-state index in [-0.39, 0.29) is 30.1 Å². The van der Waals surface area contributed by atoms with Crippen LogP contribution in [0.25, 0.3) is 0 Å². The average Bonchev–Trinajstić information content (AvgIpc) is 2.36. The normalized spacial score (nSPS) is 16.5. The number of carbonyl (C=O) groups is 1. The van der Waals surface area contributed by atoms with Gasteiger partial charge in [-0.2, -0.15) is 0 Å². The number of rotatable bonds is 6. The third-order valence-electron chi connectivity index (χ3n) is 3.04. The van der Waals surface area contributed by atoms with Gasteiger partial charge >= 0.3 is 0 Å². The van der Waals surface area contributed by atoms with Crippen LogP contribution in [0.2, 0.25) is 0 Å². The molecule has 0 radical (unpaired) electrons. The standard InChI is InChI=1S/C14H18FNO3/c1-14(9-18-10-14)8-16-13(17)6-7-19-12-5-3-2-4-11(12)15/h2-5H,6-10H2,1H3,(H,16,17). The van der Waals surface area contributed by atoms with Gasteiger partial charge in [0, 0.05) is 12.0 Å². The van der Waals surface area contributed by atoms with Crippen molar-refractivity contribution in [1.29, 1.82) is 0 Å². The number of ether oxygens (including phenoxy) is 2. The number of nitrogens with one attached hydrogen (secondary N) is 1. The number of carbonyl (C=O) groups excluding carboxylic acids is 1. The van der Waals surface area contributed by atoms with E-state index in [1.54, 1.807) is 18.2 Å². The molecule has 2 rings (SSSR count). The lowest BCUT2D eigenvalue weighted by Crippen LogP contribution is -2.48. The zero-order valence-electron chi connectivity index (χ0n) is 10.9. The van der Waals surface area contributed by atoms with E-state index in [0.717, 1.165) is 0 Å². The lowest BCUT2D eigenvalue weighted by atomic mass is 9.89. The Kier molecular flexibility index (Phi) is 4.37. The fourth-order valence-corrected chi connectivity index (χ4v) is 1.77. The second-order valence-electron chi connectivity index (χ2n) is 5.11. The van der Waals surface area contributed by atoms with Gasteiger partial charge in [-0.05, 0) is 12.1 Å². The minimum Gasteiger partial charge on any atom is -0.490 e. The molecule has 1 fully saturated rings. The van der Waals surface area contributed by atoms with E-state index in [0.29, 0.717) is 19.8 Å². The number of hydrogen-bond donors (Lipinski definition) is 1. The van der Waals surface area contributed by atoms with Crippen molar-refractivity contribution in [3.8, 4) is 5.75 Å². The summed E-state index contributed by atoms with van der Waals surface area (Å²) in [6.07, 6.45) is 0.214. The molecule has 0 unspecified atom stereocenters. The van der Waals surface area contributed by atoms with Gasteiger partial charge in [-0.25, -0.2) is 4.39 Å². The molecule has 0 aliphatic carbocycles. The Labute approximate surface area is 111 Å². The lowest BCUT2D eigenvalue weighted by Gasteiger charge is -2.38. The van der Waals surface area contributed by atoms with Crippen LogP contribution >= 0.6 is 0 Å². The van der Waals surface area contributed by atoms with Crippen molar-refractivity contribution in [2.24, 2.45) is 5.41 Å². The second kappa shape index (κ2) is 6.02. The monoisotopic (exact) mass is 267 g/mol. The first-order valence-electron chi connectivity index (χ1n) is 6.31. The summed E-state index contributed by atoms with van der Waals surface area (Å²) in [6, 6.07) is 6.15. The molecule has 1 aliphatic rings. The molecular weight excluding hydrogens is 249 g/mol. The first-order valence-corrected chi connectivity index (χ1v) is 6.31. The average molecular weight is 267 g/mol. The molecular formula is C14H18FNO3. The summed E-state index contributed by atoms with van der Waals surface area (Å²) in [6.45, 7) is 4.19. The van der Waals surface area contributed by atoms with Crippen LogP contribution in [0.5, 0.6) is 5.75 Å². The first-order chi connectivity index (χ1) is 9.09. The summed E-state index contributed by atoms with van der Waals surface area (Å²) >= 11 is 0. The molecule has 0 atom stereocenters. The van der Waals surface area contributed by atoms with E-state index in [1.807, 2.05) is 0 Å². The van der Waals surface area contributed by atoms with E-state index in [2.05, 4.69) is 12.2 Å². The van der Waals surface area contributed by atoms with Crippen LogP contribution < -0.4 is 10.1 Å². The summed E-state index contributed by atoms with van der Waals surface area (Å²) in [4.78, 5) is 11.6. The van der Waals surface area contributed by atoms with Gasteiger partial charge in [0.25, 0.3) is 0 Å². The highest BCUT2D eigenvalue weighted by Gasteiger charge is 2.33. The minimum atomic E-state index is -0.415. The molecule has 1 aromatic carbocycles. The Morgan fingerprint density at radius 2 is 2.21 bits per heavy atom. The number of amides is 1. The van der Waals surface area contributed by atoms with Crippen LogP contribution in [0, 0.1) is 11.2 Å². The Balaban J connectivity index is 1.65. The molecule has 1 aromatic rings. The van der Waals surface area contributed by atoms with Crippen LogP contribution in [-0.4, -0.2) is 32.3 Å². The van der Waals surface area contributed by atoms with Crippen molar-refractivity contribution < 1.29 is 18.7 Å². The second-order valence-corrected chi connectivity index (χ2v) is 5.11. The van der Waals surface area contributed by atoms with E-state index in [1.165, 1.54) is 6.07 Å². The summed E-state index contributed by atoms with van der Waals surface area (Å²) in [7, 11) is 0. The van der Waals surface area contributed by atoms with Crippen LogP contribution in [-0.2, 0) is 9.53 Å². The van der Waals surface area contributed by atoms with Gasteiger partial charge in [0.2, 0.25) is 5.91 Å². The number of halogens is 1. The van der Waals surface area contributed by atoms with Gasteiger partial charge in [0.1, 0.15) is 0 Å². The zero-order chi connectivity index (χ0) is 13.7. The third kappa shape index (κ3) is 3.92. The highest BCUT2D eigenvalue weighted by Crippen LogP contribution is 2.25. The minimum absolute atomic E-state index is 0.0576. The number of benzene rings is 1. The molecule has 104 valence electrons. The molecule has 0 saturated carbocycles. The van der Waals surface area contributed by atoms with Crippen LogP contribution in [0.3, 0.4) is 0 Å². The van der Waals surface area contributed by atoms with Gasteiger partial charge in [-0.1, -0.05) is 19.1 Å². The molecule has 0 spiro atoms. The van der Waals surface area contributed by atoms with E-state index >= 15 is 0 Å². The summed E-state index contributed by atoms with van der Waals surface area (Å²) in [5.41, 5.74) is 0.0576. The lowest BCUT2D eigenvalue weighted by molar-refractivity contribution is -0.127. The molecule has 1 N–H and O–H groups in total. The highest BCUT2D eigenvalue weighted by molar-refractivity contribution is 5.76. The molecule has 0 bridgehead atoms. The molecule has 1 heterocycles. The molecule has 1 aliphatic heterocycles. The van der Waals surface area contributed by atoms with Crippen molar-refractivity contribution >= 4 is 5.91 Å². The Bertz CT molecular complexity index is 446. The maximum Gasteiger partial charge on any atom is 0.223 e. The SMILES string of the molecule is CC1(CNC(=O)CCOc2ccccc2F)COC1. The van der Waals surface area contributed by atoms with Crippen LogP contribution in [0.4, 0.5) is 4.39 Å². The van der Waals surface area contributed by atoms with Gasteiger partial charge < -0.3 is 14.8 Å². The van der Waals surface area contributed by atoms with Crippen molar-refractivity contribution in [1.82, 2.24) is 5.32 Å². The molecule has 4 nitrogen and oxygen atoms in total. The summed E-state index contributed by atoms with van der Waals surface area (Å²) in [5.74, 6) is -0.332. The molecule has 5 heteroatoms. The van der Waals surface area contributed by atoms with Crippen molar-refractivity contribution in [2.75, 3.05) is 26.4 Å². The van der Waals surface area contributed by atoms with Crippen molar-refractivity contribution in [2.45, 2.75) is 13.3 Å². The smallest absolute Gasteiger partial charge is 0.223 e. The maximum absolute atomic E-state index is 13.2. The van der Waals surface area contributed by atoms with E-state index in [9.17, 15) is 9.18 Å². The fourth-order valence-electron chi connectivity index (χ4n) is 1.77. The molecule has 1 amide bonds. The van der Waals surface area contributed by atoms with Gasteiger partial charge in [0.15, 0.2) is 11.6 Å². The topological polar surface area (TPSA) is 47.6 Å². The number of para-hydroxylation sites is 1. The first kappa shape index (κ1) is 13.8. The molecule has 19 heavy (non-hydrogen) atoms. The van der Waals surface area contributed by atoms with Crippen molar-refractivity contribution in [3.63, 3.8) is 0 Å². The largest absolute Gasteiger partial charge is 0.490 e. The Hall–Kier alpha value is -1.62. The fraction of sp³-hybridized carbons (Fsp3) is 0.500. The van der Waals surface area contributed by atoms with Crippen molar-refractivity contribution in [3.05, 3.63) is 30.1 Å². The third-order valence-corrected chi connectivity index (χ3v) is 3.04. The summed E-state index contributed by atoms with van der Waals surface area (Å²) < 4.78 is 23.6. The van der Waals surface area contributed by atoms with Gasteiger partial charge in [-0.3, -0.25) is 4.79 Å². The predicted octanol–water partition coefficient (Wildman–Crippen LogP) is 1.75. The quantitative estimate of drug-likeness (QED) is 0.854. The van der Waals surface area contributed by atoms with Crippen LogP contribution in [0.15, 0.2) is 24.3 Å². The Morgan fingerprint density at radius 1 is 1.47 bits per heavy atom. The van der Waals surface area contributed by atoms with Crippen LogP contribution in [0.1, 0.15) is 13.3 Å². The van der Waals surface area contributed by atoms with Gasteiger partial charge in [0.05, 0.1) is 26.2 Å². The zero-order valence-corrected chi connectivity index (χ0v) is 10.9. The number of hydrogen-bond acceptors (Lipinski definition) is 3. The predicted molar refractivity (Wildman–Crippen MR) is 68.4 cm³/mol.